The van der Waals surface area contributed by atoms with Crippen LogP contribution in [0.3, 0.4) is 0 Å². The van der Waals surface area contributed by atoms with Gasteiger partial charge in [0.1, 0.15) is 11.6 Å². The third-order valence-electron chi connectivity index (χ3n) is 4.77. The Balaban J connectivity index is 1.67. The zero-order valence-electron chi connectivity index (χ0n) is 18.5. The summed E-state index contributed by atoms with van der Waals surface area (Å²) in [5, 5.41) is 11.5. The Kier molecular flexibility index (Phi) is 7.09. The number of hydrogen-bond acceptors (Lipinski definition) is 7. The Hall–Kier alpha value is -3.50. The molecule has 2 aromatic carbocycles. The number of aryl methyl sites for hydroxylation is 2. The average Bonchev–Trinajstić information content (AvgIpc) is 3.23. The van der Waals surface area contributed by atoms with Crippen LogP contribution in [0.2, 0.25) is 5.02 Å². The number of thioether (sulfide) groups is 1. The molecule has 1 amide bonds. The maximum atomic E-state index is 13.5. The Morgan fingerprint density at radius 1 is 1.12 bits per heavy atom. The zero-order chi connectivity index (χ0) is 24.2. The molecule has 0 aliphatic rings. The fourth-order valence-electron chi connectivity index (χ4n) is 3.19. The van der Waals surface area contributed by atoms with Gasteiger partial charge in [-0.1, -0.05) is 28.6 Å². The first kappa shape index (κ1) is 23.7. The minimum Gasteiger partial charge on any atom is -0.497 e. The van der Waals surface area contributed by atoms with Crippen molar-refractivity contribution in [3.05, 3.63) is 82.1 Å². The fourth-order valence-corrected chi connectivity index (χ4v) is 4.32. The van der Waals surface area contributed by atoms with Crippen molar-refractivity contribution in [2.75, 3.05) is 12.4 Å². The van der Waals surface area contributed by atoms with Crippen molar-refractivity contribution in [1.82, 2.24) is 25.0 Å². The van der Waals surface area contributed by atoms with E-state index in [9.17, 15) is 9.18 Å². The molecule has 0 bridgehead atoms. The minimum atomic E-state index is -0.573. The predicted octanol–water partition coefficient (Wildman–Crippen LogP) is 5.02. The van der Waals surface area contributed by atoms with E-state index in [0.717, 1.165) is 11.4 Å². The van der Waals surface area contributed by atoms with E-state index in [4.69, 9.17) is 16.3 Å². The summed E-state index contributed by atoms with van der Waals surface area (Å²) in [7, 11) is 1.58. The van der Waals surface area contributed by atoms with Crippen LogP contribution in [0.4, 0.5) is 10.1 Å². The number of methoxy groups -OCH3 is 1. The first-order valence-electron chi connectivity index (χ1n) is 10.1. The Bertz CT molecular complexity index is 1330. The minimum absolute atomic E-state index is 0.0950. The topological polar surface area (TPSA) is 94.8 Å². The molecule has 174 valence electrons. The number of nitrogens with one attached hydrogen (secondary N) is 1. The molecule has 8 nitrogen and oxygen atoms in total. The number of amides is 1. The highest BCUT2D eigenvalue weighted by atomic mass is 35.5. The highest BCUT2D eigenvalue weighted by Gasteiger charge is 2.22. The zero-order valence-corrected chi connectivity index (χ0v) is 20.1. The molecule has 0 atom stereocenters. The number of halogens is 2. The first-order chi connectivity index (χ1) is 16.3. The molecule has 1 N–H and O–H groups in total. The summed E-state index contributed by atoms with van der Waals surface area (Å²) >= 11 is 7.21. The Labute approximate surface area is 204 Å². The molecule has 0 radical (unpaired) electrons. The Morgan fingerprint density at radius 2 is 1.82 bits per heavy atom. The molecule has 2 heterocycles. The third kappa shape index (κ3) is 5.35. The van der Waals surface area contributed by atoms with Crippen molar-refractivity contribution in [1.29, 1.82) is 0 Å². The summed E-state index contributed by atoms with van der Waals surface area (Å²) in [4.78, 5) is 22.0. The fraction of sp³-hybridized carbons (Fsp3) is 0.174. The van der Waals surface area contributed by atoms with Crippen molar-refractivity contribution in [2.45, 2.75) is 24.8 Å². The summed E-state index contributed by atoms with van der Waals surface area (Å²) in [5.41, 5.74) is 3.41. The van der Waals surface area contributed by atoms with Gasteiger partial charge in [-0.25, -0.2) is 19.0 Å². The molecular formula is C23H20ClFN6O2S. The van der Waals surface area contributed by atoms with Gasteiger partial charge in [-0.05, 0) is 62.4 Å². The quantitative estimate of drug-likeness (QED) is 0.282. The third-order valence-corrected chi connectivity index (χ3v) is 5.92. The van der Waals surface area contributed by atoms with E-state index in [1.165, 1.54) is 30.0 Å². The highest BCUT2D eigenvalue weighted by molar-refractivity contribution is 7.98. The highest BCUT2D eigenvalue weighted by Crippen LogP contribution is 2.26. The van der Waals surface area contributed by atoms with E-state index in [1.54, 1.807) is 23.9 Å². The molecule has 0 spiro atoms. The first-order valence-corrected chi connectivity index (χ1v) is 11.5. The normalized spacial score (nSPS) is 10.9. The molecule has 0 fully saturated rings. The summed E-state index contributed by atoms with van der Waals surface area (Å²) < 4.78 is 20.3. The van der Waals surface area contributed by atoms with Crippen LogP contribution in [0, 0.1) is 19.7 Å². The summed E-state index contributed by atoms with van der Waals surface area (Å²) in [6.45, 7) is 3.79. The number of nitrogens with zero attached hydrogens (tertiary/aromatic N) is 5. The monoisotopic (exact) mass is 498 g/mol. The van der Waals surface area contributed by atoms with E-state index in [0.29, 0.717) is 33.7 Å². The predicted molar refractivity (Wildman–Crippen MR) is 128 cm³/mol. The van der Waals surface area contributed by atoms with E-state index in [2.05, 4.69) is 25.6 Å². The summed E-state index contributed by atoms with van der Waals surface area (Å²) in [6, 6.07) is 13.0. The van der Waals surface area contributed by atoms with Crippen LogP contribution in [0.25, 0.3) is 5.69 Å². The number of rotatable bonds is 7. The molecule has 0 aliphatic heterocycles. The van der Waals surface area contributed by atoms with Gasteiger partial charge in [0.15, 0.2) is 10.9 Å². The largest absolute Gasteiger partial charge is 0.497 e. The lowest BCUT2D eigenvalue weighted by molar-refractivity contribution is 0.102. The van der Waals surface area contributed by atoms with E-state index in [1.807, 2.05) is 32.0 Å². The smallest absolute Gasteiger partial charge is 0.278 e. The molecule has 4 aromatic rings. The van der Waals surface area contributed by atoms with Crippen LogP contribution in [0.15, 0.2) is 53.7 Å². The van der Waals surface area contributed by atoms with Crippen molar-refractivity contribution >= 4 is 35.0 Å². The molecule has 0 saturated carbocycles. The van der Waals surface area contributed by atoms with Gasteiger partial charge in [0.2, 0.25) is 0 Å². The van der Waals surface area contributed by atoms with Crippen LogP contribution in [0.5, 0.6) is 5.75 Å². The molecule has 2 aromatic heterocycles. The summed E-state index contributed by atoms with van der Waals surface area (Å²) in [6.07, 6.45) is 0. The maximum Gasteiger partial charge on any atom is 0.278 e. The van der Waals surface area contributed by atoms with Crippen LogP contribution in [-0.4, -0.2) is 38.0 Å². The van der Waals surface area contributed by atoms with Gasteiger partial charge in [-0.15, -0.1) is 5.10 Å². The lowest BCUT2D eigenvalue weighted by atomic mass is 10.2. The number of anilines is 1. The molecule has 4 rings (SSSR count). The standard InChI is InChI=1S/C23H20ClFN6O2S/c1-13-10-14(2)27-23(26-13)34-12-20-21(22(32)28-15-4-9-19(25)18(24)11-15)29-30-31(20)16-5-7-17(33-3)8-6-16/h4-11H,12H2,1-3H3,(H,28,32). The molecular weight excluding hydrogens is 479 g/mol. The molecule has 11 heteroatoms. The lowest BCUT2D eigenvalue weighted by Crippen LogP contribution is -2.15. The van der Waals surface area contributed by atoms with Gasteiger partial charge in [-0.3, -0.25) is 4.79 Å². The van der Waals surface area contributed by atoms with E-state index in [-0.39, 0.29) is 10.7 Å². The van der Waals surface area contributed by atoms with E-state index >= 15 is 0 Å². The number of hydrogen-bond donors (Lipinski definition) is 1. The Morgan fingerprint density at radius 3 is 2.47 bits per heavy atom. The molecule has 0 saturated heterocycles. The van der Waals surface area contributed by atoms with Gasteiger partial charge >= 0.3 is 0 Å². The van der Waals surface area contributed by atoms with Crippen molar-refractivity contribution in [2.24, 2.45) is 0 Å². The van der Waals surface area contributed by atoms with Gasteiger partial charge < -0.3 is 10.1 Å². The van der Waals surface area contributed by atoms with Gasteiger partial charge in [-0.2, -0.15) is 0 Å². The van der Waals surface area contributed by atoms with Gasteiger partial charge in [0.05, 0.1) is 23.5 Å². The molecule has 34 heavy (non-hydrogen) atoms. The number of carbonyl (C=O) groups is 1. The number of carbonyl (C=O) groups excluding carboxylic acids is 1. The van der Waals surface area contributed by atoms with Crippen LogP contribution in [-0.2, 0) is 5.75 Å². The number of benzene rings is 2. The van der Waals surface area contributed by atoms with Crippen molar-refractivity contribution < 1.29 is 13.9 Å². The van der Waals surface area contributed by atoms with Gasteiger partial charge in [0, 0.05) is 22.8 Å². The SMILES string of the molecule is COc1ccc(-n2nnc(C(=O)Nc3ccc(F)c(Cl)c3)c2CSc2nc(C)cc(C)n2)cc1. The van der Waals surface area contributed by atoms with Crippen LogP contribution in [0.1, 0.15) is 27.6 Å². The van der Waals surface area contributed by atoms with Crippen molar-refractivity contribution in [3.63, 3.8) is 0 Å². The second kappa shape index (κ2) is 10.2. The number of ether oxygens (including phenoxy) is 1. The average molecular weight is 499 g/mol. The molecule has 0 aliphatic carbocycles. The van der Waals surface area contributed by atoms with Crippen molar-refractivity contribution in [3.8, 4) is 11.4 Å². The second-order valence-corrected chi connectivity index (χ2v) is 8.65. The maximum absolute atomic E-state index is 13.5. The van der Waals surface area contributed by atoms with Crippen LogP contribution >= 0.6 is 23.4 Å². The number of aromatic nitrogens is 5. The lowest BCUT2D eigenvalue weighted by Gasteiger charge is -2.10. The molecule has 0 unspecified atom stereocenters. The van der Waals surface area contributed by atoms with Gasteiger partial charge in [0.25, 0.3) is 5.91 Å². The van der Waals surface area contributed by atoms with E-state index < -0.39 is 11.7 Å². The summed E-state index contributed by atoms with van der Waals surface area (Å²) in [5.74, 6) is -0.0564. The second-order valence-electron chi connectivity index (χ2n) is 7.30. The van der Waals surface area contributed by atoms with Crippen LogP contribution < -0.4 is 10.1 Å².